The minimum Gasteiger partial charge on any atom is -0.496 e. The van der Waals surface area contributed by atoms with E-state index in [1.54, 1.807) is 19.4 Å². The highest BCUT2D eigenvalue weighted by Crippen LogP contribution is 2.29. The predicted molar refractivity (Wildman–Crippen MR) is 128 cm³/mol. The summed E-state index contributed by atoms with van der Waals surface area (Å²) in [6.45, 7) is 0. The smallest absolute Gasteiger partial charge is 0.244 e. The van der Waals surface area contributed by atoms with Crippen molar-refractivity contribution in [1.82, 2.24) is 14.9 Å². The number of aryl methyl sites for hydroxylation is 1. The van der Waals surface area contributed by atoms with Crippen molar-refractivity contribution in [2.45, 2.75) is 6.04 Å². The first-order valence-electron chi connectivity index (χ1n) is 10.6. The van der Waals surface area contributed by atoms with Crippen molar-refractivity contribution in [3.8, 4) is 17.2 Å². The fourth-order valence-corrected chi connectivity index (χ4v) is 3.51. The van der Waals surface area contributed by atoms with Crippen LogP contribution in [0, 0.1) is 0 Å². The molecule has 6 heteroatoms. The number of rotatable bonds is 8. The molecule has 4 rings (SSSR count). The van der Waals surface area contributed by atoms with Crippen LogP contribution >= 0.6 is 0 Å². The van der Waals surface area contributed by atoms with Crippen LogP contribution < -0.4 is 14.8 Å². The fraction of sp³-hybridized carbons (Fsp3) is 0.111. The fourth-order valence-electron chi connectivity index (χ4n) is 3.51. The molecule has 0 saturated heterocycles. The summed E-state index contributed by atoms with van der Waals surface area (Å²) in [5.41, 5.74) is 1.68. The molecule has 3 aromatic carbocycles. The molecule has 0 radical (unpaired) electrons. The zero-order valence-corrected chi connectivity index (χ0v) is 18.5. The first-order valence-corrected chi connectivity index (χ1v) is 10.6. The molecular formula is C27H25N3O3. The van der Waals surface area contributed by atoms with Gasteiger partial charge in [-0.25, -0.2) is 4.98 Å². The maximum Gasteiger partial charge on any atom is 0.244 e. The topological polar surface area (TPSA) is 65.4 Å². The second-order valence-corrected chi connectivity index (χ2v) is 7.40. The molecule has 1 heterocycles. The van der Waals surface area contributed by atoms with Gasteiger partial charge in [-0.05, 0) is 42.0 Å². The lowest BCUT2D eigenvalue weighted by molar-refractivity contribution is -0.117. The number of aromatic nitrogens is 2. The van der Waals surface area contributed by atoms with E-state index in [0.29, 0.717) is 17.3 Å². The number of nitrogens with zero attached hydrogens (tertiary/aromatic N) is 2. The quantitative estimate of drug-likeness (QED) is 0.386. The van der Waals surface area contributed by atoms with Crippen LogP contribution in [0.1, 0.15) is 23.0 Å². The molecule has 33 heavy (non-hydrogen) atoms. The Hall–Kier alpha value is -4.32. The van der Waals surface area contributed by atoms with Gasteiger partial charge in [0.25, 0.3) is 0 Å². The van der Waals surface area contributed by atoms with Gasteiger partial charge in [-0.1, -0.05) is 48.5 Å². The molecule has 1 aromatic heterocycles. The van der Waals surface area contributed by atoms with Crippen LogP contribution in [0.5, 0.6) is 17.2 Å². The Balaban J connectivity index is 1.52. The lowest BCUT2D eigenvalue weighted by Crippen LogP contribution is -2.30. The number of benzene rings is 3. The first-order chi connectivity index (χ1) is 16.1. The van der Waals surface area contributed by atoms with Crippen molar-refractivity contribution in [3.05, 3.63) is 114 Å². The van der Waals surface area contributed by atoms with Gasteiger partial charge < -0.3 is 19.4 Å². The maximum atomic E-state index is 12.9. The van der Waals surface area contributed by atoms with Crippen molar-refractivity contribution < 1.29 is 14.3 Å². The molecule has 6 nitrogen and oxygen atoms in total. The van der Waals surface area contributed by atoms with E-state index in [1.165, 1.54) is 6.08 Å². The molecule has 1 atom stereocenters. The molecule has 1 N–H and O–H groups in total. The summed E-state index contributed by atoms with van der Waals surface area (Å²) in [6, 6.07) is 24.3. The summed E-state index contributed by atoms with van der Waals surface area (Å²) in [5.74, 6) is 2.60. The van der Waals surface area contributed by atoms with E-state index in [-0.39, 0.29) is 5.91 Å². The summed E-state index contributed by atoms with van der Waals surface area (Å²) in [7, 11) is 3.51. The average molecular weight is 440 g/mol. The Bertz CT molecular complexity index is 1250. The normalized spacial score (nSPS) is 11.8. The van der Waals surface area contributed by atoms with E-state index in [1.807, 2.05) is 96.7 Å². The number of para-hydroxylation sites is 2. The number of hydrogen-bond acceptors (Lipinski definition) is 4. The second-order valence-electron chi connectivity index (χ2n) is 7.40. The number of amides is 1. The zero-order chi connectivity index (χ0) is 23.0. The van der Waals surface area contributed by atoms with Gasteiger partial charge in [0.1, 0.15) is 29.1 Å². The molecule has 4 aromatic rings. The van der Waals surface area contributed by atoms with Crippen LogP contribution in [-0.4, -0.2) is 22.6 Å². The SMILES string of the molecule is COc1ccccc1C(NC(=O)/C=C/c1cccc(Oc2ccccc2)c1)c1nccn1C. The van der Waals surface area contributed by atoms with Crippen LogP contribution in [0.2, 0.25) is 0 Å². The van der Waals surface area contributed by atoms with E-state index < -0.39 is 6.04 Å². The van der Waals surface area contributed by atoms with Gasteiger partial charge in [-0.15, -0.1) is 0 Å². The van der Waals surface area contributed by atoms with E-state index in [0.717, 1.165) is 16.9 Å². The van der Waals surface area contributed by atoms with E-state index >= 15 is 0 Å². The van der Waals surface area contributed by atoms with Crippen LogP contribution in [0.3, 0.4) is 0 Å². The number of carbonyl (C=O) groups excluding carboxylic acids is 1. The van der Waals surface area contributed by atoms with Crippen molar-refractivity contribution in [3.63, 3.8) is 0 Å². The van der Waals surface area contributed by atoms with Gasteiger partial charge >= 0.3 is 0 Å². The summed E-state index contributed by atoms with van der Waals surface area (Å²) >= 11 is 0. The summed E-state index contributed by atoms with van der Waals surface area (Å²) in [4.78, 5) is 17.3. The Morgan fingerprint density at radius 1 is 1.00 bits per heavy atom. The van der Waals surface area contributed by atoms with E-state index in [4.69, 9.17) is 9.47 Å². The molecular weight excluding hydrogens is 414 g/mol. The molecule has 0 aliphatic heterocycles. The highest BCUT2D eigenvalue weighted by atomic mass is 16.5. The van der Waals surface area contributed by atoms with Gasteiger partial charge in [0.2, 0.25) is 5.91 Å². The van der Waals surface area contributed by atoms with Gasteiger partial charge in [0.05, 0.1) is 7.11 Å². The number of hydrogen-bond donors (Lipinski definition) is 1. The number of nitrogens with one attached hydrogen (secondary N) is 1. The standard InChI is InChI=1S/C27H25N3O3/c1-30-18-17-28-27(30)26(23-13-6-7-14-24(23)32-2)29-25(31)16-15-20-9-8-12-22(19-20)33-21-10-4-3-5-11-21/h3-19,26H,1-2H3,(H,29,31)/b16-15+. The number of carbonyl (C=O) groups is 1. The monoisotopic (exact) mass is 439 g/mol. The third-order valence-electron chi connectivity index (χ3n) is 5.12. The Morgan fingerprint density at radius 3 is 2.52 bits per heavy atom. The van der Waals surface area contributed by atoms with Gasteiger partial charge in [0.15, 0.2) is 0 Å². The highest BCUT2D eigenvalue weighted by Gasteiger charge is 2.23. The Labute approximate surface area is 193 Å². The third-order valence-corrected chi connectivity index (χ3v) is 5.12. The van der Waals surface area contributed by atoms with Gasteiger partial charge in [-0.3, -0.25) is 4.79 Å². The predicted octanol–water partition coefficient (Wildman–Crippen LogP) is 5.14. The van der Waals surface area contributed by atoms with Crippen molar-refractivity contribution in [1.29, 1.82) is 0 Å². The van der Waals surface area contributed by atoms with Crippen LogP contribution in [-0.2, 0) is 11.8 Å². The molecule has 0 saturated carbocycles. The minimum atomic E-state index is -0.467. The molecule has 166 valence electrons. The van der Waals surface area contributed by atoms with Crippen LogP contribution in [0.25, 0.3) is 6.08 Å². The molecule has 0 aliphatic rings. The maximum absolute atomic E-state index is 12.9. The zero-order valence-electron chi connectivity index (χ0n) is 18.5. The van der Waals surface area contributed by atoms with E-state index in [2.05, 4.69) is 10.3 Å². The summed E-state index contributed by atoms with van der Waals surface area (Å²) < 4.78 is 13.3. The first kappa shape index (κ1) is 21.9. The molecule has 1 amide bonds. The second kappa shape index (κ2) is 10.3. The molecule has 1 unspecified atom stereocenters. The third kappa shape index (κ3) is 5.49. The largest absolute Gasteiger partial charge is 0.496 e. The highest BCUT2D eigenvalue weighted by molar-refractivity contribution is 5.92. The van der Waals surface area contributed by atoms with Crippen molar-refractivity contribution in [2.75, 3.05) is 7.11 Å². The molecule has 0 spiro atoms. The van der Waals surface area contributed by atoms with E-state index in [9.17, 15) is 4.79 Å². The van der Waals surface area contributed by atoms with Gasteiger partial charge in [-0.2, -0.15) is 0 Å². The molecule has 0 bridgehead atoms. The van der Waals surface area contributed by atoms with Crippen LogP contribution in [0.4, 0.5) is 0 Å². The molecule has 0 aliphatic carbocycles. The average Bonchev–Trinajstić information content (AvgIpc) is 3.27. The number of ether oxygens (including phenoxy) is 2. The van der Waals surface area contributed by atoms with Gasteiger partial charge in [0, 0.05) is 31.1 Å². The Morgan fingerprint density at radius 2 is 1.76 bits per heavy atom. The number of methoxy groups -OCH3 is 1. The lowest BCUT2D eigenvalue weighted by atomic mass is 10.0. The summed E-state index contributed by atoms with van der Waals surface area (Å²) in [6.07, 6.45) is 6.81. The van der Waals surface area contributed by atoms with Crippen LogP contribution in [0.15, 0.2) is 97.3 Å². The Kier molecular flexibility index (Phi) is 6.85. The van der Waals surface area contributed by atoms with Crippen molar-refractivity contribution >= 4 is 12.0 Å². The summed E-state index contributed by atoms with van der Waals surface area (Å²) in [5, 5.41) is 3.06. The molecule has 0 fully saturated rings. The lowest BCUT2D eigenvalue weighted by Gasteiger charge is -2.20. The number of imidazole rings is 1. The van der Waals surface area contributed by atoms with Crippen molar-refractivity contribution in [2.24, 2.45) is 7.05 Å². The minimum absolute atomic E-state index is 0.247.